The van der Waals surface area contributed by atoms with E-state index in [1.165, 1.54) is 0 Å². The van der Waals surface area contributed by atoms with E-state index in [0.717, 1.165) is 122 Å². The van der Waals surface area contributed by atoms with Crippen LogP contribution in [0.5, 0.6) is 5.75 Å². The van der Waals surface area contributed by atoms with Gasteiger partial charge in [0, 0.05) is 60.7 Å². The molecule has 8 bridgehead atoms. The van der Waals surface area contributed by atoms with Crippen molar-refractivity contribution in [1.82, 2.24) is 19.9 Å². The first kappa shape index (κ1) is 41.5. The highest BCUT2D eigenvalue weighted by molar-refractivity contribution is 7.32. The van der Waals surface area contributed by atoms with Crippen molar-refractivity contribution in [3.63, 3.8) is 0 Å². The summed E-state index contributed by atoms with van der Waals surface area (Å²) < 4.78 is 20.9. The Morgan fingerprint density at radius 2 is 0.722 bits per heavy atom. The number of aromatic nitrogens is 4. The van der Waals surface area contributed by atoms with E-state index in [-0.39, 0.29) is 0 Å². The number of nitrogens with zero attached hydrogens (tertiary/aromatic N) is 2. The average molecular weight is 945 g/mol. The molecule has 0 radical (unpaired) electrons. The lowest BCUT2D eigenvalue weighted by Gasteiger charge is -2.10. The third-order valence-corrected chi connectivity index (χ3v) is 14.7. The molecular weight excluding hydrogens is 904 g/mol. The van der Waals surface area contributed by atoms with Gasteiger partial charge in [-0.2, -0.15) is 0 Å². The van der Waals surface area contributed by atoms with Gasteiger partial charge in [-0.15, -0.1) is 0 Å². The van der Waals surface area contributed by atoms with Crippen molar-refractivity contribution >= 4 is 98.1 Å². The monoisotopic (exact) mass is 944 g/mol. The fourth-order valence-corrected chi connectivity index (χ4v) is 11.5. The summed E-state index contributed by atoms with van der Waals surface area (Å²) in [4.78, 5) is 18.8. The number of nitrogens with one attached hydrogen (secondary N) is 2. The molecule has 0 fully saturated rings. The van der Waals surface area contributed by atoms with Crippen LogP contribution in [0.15, 0.2) is 221 Å². The minimum Gasteiger partial charge on any atom is -0.390 e. The zero-order valence-electron chi connectivity index (χ0n) is 38.6. The van der Waals surface area contributed by atoms with Crippen molar-refractivity contribution in [2.24, 2.45) is 0 Å². The van der Waals surface area contributed by atoms with Gasteiger partial charge >= 0.3 is 8.24 Å². The van der Waals surface area contributed by atoms with Crippen molar-refractivity contribution in [3.8, 4) is 50.3 Å². The van der Waals surface area contributed by atoms with Crippen molar-refractivity contribution in [1.29, 1.82) is 0 Å². The largest absolute Gasteiger partial charge is 0.453 e. The van der Waals surface area contributed by atoms with Crippen molar-refractivity contribution in [3.05, 3.63) is 235 Å². The van der Waals surface area contributed by atoms with E-state index in [9.17, 15) is 0 Å². The fourth-order valence-electron chi connectivity index (χ4n) is 10.4. The van der Waals surface area contributed by atoms with Gasteiger partial charge in [0.1, 0.15) is 16.9 Å². The summed E-state index contributed by atoms with van der Waals surface area (Å²) in [5.74, 6) is 0.583. The van der Waals surface area contributed by atoms with E-state index in [1.807, 2.05) is 48.5 Å². The first-order valence-electron chi connectivity index (χ1n) is 24.0. The molecule has 340 valence electrons. The van der Waals surface area contributed by atoms with Crippen LogP contribution in [-0.2, 0) is 0 Å². The molecular formula is C64H41N4O3P. The van der Waals surface area contributed by atoms with Gasteiger partial charge in [-0.05, 0) is 105 Å². The Kier molecular flexibility index (Phi) is 9.93. The van der Waals surface area contributed by atoms with Gasteiger partial charge in [0.25, 0.3) is 0 Å². The predicted molar refractivity (Wildman–Crippen MR) is 298 cm³/mol. The van der Waals surface area contributed by atoms with Crippen molar-refractivity contribution < 1.29 is 12.9 Å². The highest BCUT2D eigenvalue weighted by Gasteiger charge is 2.22. The van der Waals surface area contributed by atoms with E-state index >= 15 is 0 Å². The van der Waals surface area contributed by atoms with Crippen LogP contribution in [-0.4, -0.2) is 19.9 Å². The molecule has 72 heavy (non-hydrogen) atoms. The number of rotatable bonds is 6. The lowest BCUT2D eigenvalue weighted by Crippen LogP contribution is -1.91. The van der Waals surface area contributed by atoms with Crippen LogP contribution in [0.2, 0.25) is 0 Å². The van der Waals surface area contributed by atoms with Gasteiger partial charge < -0.3 is 22.9 Å². The van der Waals surface area contributed by atoms with Gasteiger partial charge in [0.15, 0.2) is 0 Å². The Morgan fingerprint density at radius 3 is 1.18 bits per heavy atom. The topological polar surface area (TPSA) is 92.9 Å². The normalized spacial score (nSPS) is 12.1. The van der Waals surface area contributed by atoms with E-state index in [4.69, 9.17) is 22.9 Å². The molecule has 8 heteroatoms. The number of hydrogen-bond acceptors (Lipinski definition) is 5. The third kappa shape index (κ3) is 7.14. The minimum atomic E-state index is -2.04. The lowest BCUT2D eigenvalue weighted by molar-refractivity contribution is 0.499. The Bertz CT molecular complexity index is 4290. The first-order chi connectivity index (χ1) is 35.7. The predicted octanol–water partition coefficient (Wildman–Crippen LogP) is 18.1. The molecule has 4 aromatic heterocycles. The van der Waals surface area contributed by atoms with Crippen LogP contribution >= 0.6 is 8.24 Å². The van der Waals surface area contributed by atoms with Crippen LogP contribution in [0.1, 0.15) is 22.8 Å². The first-order valence-corrected chi connectivity index (χ1v) is 25.1. The SMILES string of the molecule is C1=Cc2nc1c(-c1ccccc1)c1ccc([nH]1)c(-c1ccccc1)c1nc(c(-c3ccccc3Op3oc4ccc5ccccc5c4c4c(ccc5ccccc54)o3)c3ccc([nH]3)c2-c2ccccc2)C=C1. The van der Waals surface area contributed by atoms with Gasteiger partial charge in [0.05, 0.1) is 22.8 Å². The molecule has 6 heterocycles. The van der Waals surface area contributed by atoms with Crippen molar-refractivity contribution in [2.75, 3.05) is 0 Å². The van der Waals surface area contributed by atoms with Gasteiger partial charge in [0.2, 0.25) is 0 Å². The summed E-state index contributed by atoms with van der Waals surface area (Å²) in [5, 5.41) is 6.33. The maximum atomic E-state index is 7.09. The molecule has 2 aliphatic rings. The smallest absolute Gasteiger partial charge is 0.390 e. The molecule has 14 rings (SSSR count). The summed E-state index contributed by atoms with van der Waals surface area (Å²) >= 11 is 0. The highest BCUT2D eigenvalue weighted by atomic mass is 31.1. The van der Waals surface area contributed by atoms with Gasteiger partial charge in [-0.3, -0.25) is 0 Å². The summed E-state index contributed by atoms with van der Waals surface area (Å²) in [6.45, 7) is 0. The zero-order chi connectivity index (χ0) is 47.5. The molecule has 12 aromatic rings. The van der Waals surface area contributed by atoms with E-state index < -0.39 is 8.24 Å². The van der Waals surface area contributed by atoms with E-state index in [1.54, 1.807) is 0 Å². The molecule has 0 saturated carbocycles. The number of hydrogen-bond donors (Lipinski definition) is 2. The van der Waals surface area contributed by atoms with Crippen LogP contribution in [0.25, 0.3) is 134 Å². The molecule has 0 aliphatic carbocycles. The highest BCUT2D eigenvalue weighted by Crippen LogP contribution is 2.46. The maximum Gasteiger partial charge on any atom is 0.453 e. The summed E-state index contributed by atoms with van der Waals surface area (Å²) in [6, 6.07) is 73.2. The van der Waals surface area contributed by atoms with Crippen LogP contribution in [0, 0.1) is 0 Å². The molecule has 0 spiro atoms. The molecule has 0 atom stereocenters. The number of H-pyrrole nitrogens is 2. The quantitative estimate of drug-likeness (QED) is 0.173. The third-order valence-electron chi connectivity index (χ3n) is 13.6. The molecule has 7 nitrogen and oxygen atoms in total. The minimum absolute atomic E-state index is 0.583. The number of fused-ring (bicyclic) bond motifs is 15. The Morgan fingerprint density at radius 1 is 0.347 bits per heavy atom. The number of aromatic amines is 2. The second-order valence-electron chi connectivity index (χ2n) is 17.9. The Labute approximate surface area is 414 Å². The van der Waals surface area contributed by atoms with Crippen LogP contribution < -0.4 is 4.52 Å². The zero-order valence-corrected chi connectivity index (χ0v) is 39.5. The van der Waals surface area contributed by atoms with Gasteiger partial charge in [-0.1, -0.05) is 170 Å². The Balaban J connectivity index is 1.06. The number of para-hydroxylation sites is 1. The lowest BCUT2D eigenvalue weighted by atomic mass is 9.99. The van der Waals surface area contributed by atoms with Crippen LogP contribution in [0.3, 0.4) is 0 Å². The molecule has 0 unspecified atom stereocenters. The molecule has 0 amide bonds. The molecule has 2 N–H and O–H groups in total. The number of benzene rings is 8. The maximum absolute atomic E-state index is 7.09. The van der Waals surface area contributed by atoms with Gasteiger partial charge in [-0.25, -0.2) is 9.97 Å². The molecule has 0 saturated heterocycles. The van der Waals surface area contributed by atoms with E-state index in [2.05, 4.69) is 198 Å². The summed E-state index contributed by atoms with van der Waals surface area (Å²) in [5.41, 5.74) is 16.1. The van der Waals surface area contributed by atoms with E-state index in [0.29, 0.717) is 16.9 Å². The standard InChI is InChI=1S/C64H41N4O3P/c1-4-18-42(19-5-1)59-48-30-32-50(65-48)60(43-20-6-2-7-21-43)52-34-36-54(67-52)62(55-37-35-53(68-55)61(44-22-8-3-9-23-44)51-33-31-49(59)66-51)47-26-14-15-27-56(47)69-72-70-57-38-28-40-16-10-12-24-45(40)63(57)64-46-25-13-11-17-41(46)29-39-58(64)71-72/h1-39,65,68H. The molecule has 8 aromatic carbocycles. The Hall–Kier alpha value is -9.42. The van der Waals surface area contributed by atoms with Crippen LogP contribution in [0.4, 0.5) is 0 Å². The average Bonchev–Trinajstić information content (AvgIpc) is 4.28. The second-order valence-corrected chi connectivity index (χ2v) is 18.9. The van der Waals surface area contributed by atoms with Crippen molar-refractivity contribution in [2.45, 2.75) is 0 Å². The summed E-state index contributed by atoms with van der Waals surface area (Å²) in [6.07, 6.45) is 8.47. The molecule has 2 aliphatic heterocycles. The summed E-state index contributed by atoms with van der Waals surface area (Å²) in [7, 11) is -2.04. The second kappa shape index (κ2) is 17.2. The fraction of sp³-hybridized carbons (Fsp3) is 0.